The van der Waals surface area contributed by atoms with Crippen LogP contribution in [0.1, 0.15) is 43.1 Å². The van der Waals surface area contributed by atoms with Gasteiger partial charge in [0.25, 0.3) is 12.3 Å². The molecule has 0 saturated carbocycles. The minimum Gasteiger partial charge on any atom is -0.373 e. The molecule has 1 saturated heterocycles. The summed E-state index contributed by atoms with van der Waals surface area (Å²) >= 11 is 0. The maximum absolute atomic E-state index is 12.7. The molecule has 0 radical (unpaired) electrons. The Morgan fingerprint density at radius 1 is 1.24 bits per heavy atom. The topological polar surface area (TPSA) is 32.8 Å². The first-order chi connectivity index (χ1) is 11.9. The Hall–Kier alpha value is -1.53. The summed E-state index contributed by atoms with van der Waals surface area (Å²) in [4.78, 5) is 16.0. The van der Waals surface area contributed by atoms with Crippen LogP contribution in [0, 0.1) is 0 Å². The van der Waals surface area contributed by atoms with Gasteiger partial charge in [-0.1, -0.05) is 19.1 Å². The van der Waals surface area contributed by atoms with Crippen molar-refractivity contribution in [3.05, 3.63) is 35.4 Å². The maximum atomic E-state index is 12.7. The number of ether oxygens (including phenoxy) is 1. The molecule has 0 bridgehead atoms. The molecule has 1 fully saturated rings. The van der Waals surface area contributed by atoms with Crippen molar-refractivity contribution in [2.45, 2.75) is 52.4 Å². The van der Waals surface area contributed by atoms with Crippen LogP contribution >= 0.6 is 0 Å². The third-order valence-corrected chi connectivity index (χ3v) is 4.24. The number of morpholine rings is 1. The van der Waals surface area contributed by atoms with Crippen molar-refractivity contribution in [3.63, 3.8) is 0 Å². The molecule has 0 spiro atoms. The van der Waals surface area contributed by atoms with Gasteiger partial charge in [-0.3, -0.25) is 9.69 Å². The summed E-state index contributed by atoms with van der Waals surface area (Å²) < 4.78 is 31.1. The van der Waals surface area contributed by atoms with Crippen molar-refractivity contribution in [1.82, 2.24) is 9.80 Å². The molecule has 6 heteroatoms. The van der Waals surface area contributed by atoms with Gasteiger partial charge in [0.15, 0.2) is 0 Å². The first kappa shape index (κ1) is 19.8. The number of hydrogen-bond acceptors (Lipinski definition) is 3. The van der Waals surface area contributed by atoms with Crippen LogP contribution in [-0.4, -0.2) is 60.5 Å². The highest BCUT2D eigenvalue weighted by molar-refractivity contribution is 5.94. The van der Waals surface area contributed by atoms with Crippen molar-refractivity contribution in [2.75, 3.05) is 26.2 Å². The van der Waals surface area contributed by atoms with Crippen LogP contribution in [-0.2, 0) is 11.3 Å². The van der Waals surface area contributed by atoms with Gasteiger partial charge in [-0.05, 0) is 38.0 Å². The molecule has 2 unspecified atom stereocenters. The maximum Gasteiger partial charge on any atom is 0.255 e. The van der Waals surface area contributed by atoms with Crippen molar-refractivity contribution in [2.24, 2.45) is 0 Å². The summed E-state index contributed by atoms with van der Waals surface area (Å²) in [6.07, 6.45) is -1.44. The van der Waals surface area contributed by atoms with Crippen LogP contribution in [0.2, 0.25) is 0 Å². The van der Waals surface area contributed by atoms with E-state index in [-0.39, 0.29) is 18.1 Å². The monoisotopic (exact) mass is 354 g/mol. The Bertz CT molecular complexity index is 541. The predicted molar refractivity (Wildman–Crippen MR) is 93.9 cm³/mol. The van der Waals surface area contributed by atoms with Gasteiger partial charge in [0.1, 0.15) is 0 Å². The SMILES string of the molecule is CCCN(CC(F)F)C(=O)c1ccc(CN2CC(C)OC(C)C2)cc1. The summed E-state index contributed by atoms with van der Waals surface area (Å²) in [5.41, 5.74) is 1.57. The van der Waals surface area contributed by atoms with Gasteiger partial charge in [0, 0.05) is 31.7 Å². The number of carbonyl (C=O) groups is 1. The van der Waals surface area contributed by atoms with E-state index in [1.807, 2.05) is 19.1 Å². The molecule has 140 valence electrons. The van der Waals surface area contributed by atoms with E-state index in [9.17, 15) is 13.6 Å². The summed E-state index contributed by atoms with van der Waals surface area (Å²) in [7, 11) is 0. The van der Waals surface area contributed by atoms with E-state index in [0.29, 0.717) is 18.5 Å². The Morgan fingerprint density at radius 3 is 2.36 bits per heavy atom. The second kappa shape index (κ2) is 9.25. The largest absolute Gasteiger partial charge is 0.373 e. The van der Waals surface area contributed by atoms with Crippen LogP contribution in [0.25, 0.3) is 0 Å². The standard InChI is InChI=1S/C19H28F2N2O2/c1-4-9-23(13-18(20)21)19(24)17-7-5-16(6-8-17)12-22-10-14(2)25-15(3)11-22/h5-8,14-15,18H,4,9-13H2,1-3H3. The van der Waals surface area contributed by atoms with Gasteiger partial charge in [-0.25, -0.2) is 8.78 Å². The Kier molecular flexibility index (Phi) is 7.32. The van der Waals surface area contributed by atoms with E-state index >= 15 is 0 Å². The third kappa shape index (κ3) is 6.04. The van der Waals surface area contributed by atoms with E-state index in [1.54, 1.807) is 12.1 Å². The zero-order valence-electron chi connectivity index (χ0n) is 15.3. The van der Waals surface area contributed by atoms with Crippen LogP contribution in [0.3, 0.4) is 0 Å². The van der Waals surface area contributed by atoms with Crippen LogP contribution in [0.15, 0.2) is 24.3 Å². The van der Waals surface area contributed by atoms with Gasteiger partial charge in [-0.2, -0.15) is 0 Å². The number of benzene rings is 1. The minimum absolute atomic E-state index is 0.210. The molecule has 2 rings (SSSR count). The highest BCUT2D eigenvalue weighted by Gasteiger charge is 2.22. The zero-order chi connectivity index (χ0) is 18.4. The van der Waals surface area contributed by atoms with Crippen molar-refractivity contribution < 1.29 is 18.3 Å². The highest BCUT2D eigenvalue weighted by Crippen LogP contribution is 2.16. The number of alkyl halides is 2. The number of nitrogens with zero attached hydrogens (tertiary/aromatic N) is 2. The normalized spacial score (nSPS) is 21.5. The van der Waals surface area contributed by atoms with E-state index in [0.717, 1.165) is 25.2 Å². The van der Waals surface area contributed by atoms with Crippen molar-refractivity contribution in [1.29, 1.82) is 0 Å². The molecular formula is C19H28F2N2O2. The van der Waals surface area contributed by atoms with Gasteiger partial charge in [0.2, 0.25) is 0 Å². The molecule has 1 heterocycles. The molecule has 2 atom stereocenters. The average Bonchev–Trinajstić information content (AvgIpc) is 2.53. The second-order valence-corrected chi connectivity index (χ2v) is 6.79. The van der Waals surface area contributed by atoms with Gasteiger partial charge < -0.3 is 9.64 Å². The van der Waals surface area contributed by atoms with E-state index in [1.165, 1.54) is 4.90 Å². The zero-order valence-corrected chi connectivity index (χ0v) is 15.3. The Labute approximate surface area is 148 Å². The minimum atomic E-state index is -2.51. The fourth-order valence-electron chi connectivity index (χ4n) is 3.32. The number of hydrogen-bond donors (Lipinski definition) is 0. The molecule has 1 aliphatic heterocycles. The number of carbonyl (C=O) groups excluding carboxylic acids is 1. The summed E-state index contributed by atoms with van der Waals surface area (Å²) in [5, 5.41) is 0. The van der Waals surface area contributed by atoms with E-state index in [4.69, 9.17) is 4.74 Å². The summed E-state index contributed by atoms with van der Waals surface area (Å²) in [5.74, 6) is -0.331. The molecule has 4 nitrogen and oxygen atoms in total. The summed E-state index contributed by atoms with van der Waals surface area (Å²) in [6.45, 7) is 8.38. The molecular weight excluding hydrogens is 326 g/mol. The summed E-state index contributed by atoms with van der Waals surface area (Å²) in [6, 6.07) is 7.28. The molecule has 0 aromatic heterocycles. The van der Waals surface area contributed by atoms with E-state index in [2.05, 4.69) is 18.7 Å². The first-order valence-corrected chi connectivity index (χ1v) is 8.93. The van der Waals surface area contributed by atoms with Crippen molar-refractivity contribution >= 4 is 5.91 Å². The number of amides is 1. The van der Waals surface area contributed by atoms with E-state index < -0.39 is 13.0 Å². The fraction of sp³-hybridized carbons (Fsp3) is 0.632. The predicted octanol–water partition coefficient (Wildman–Crippen LogP) is 3.41. The Morgan fingerprint density at radius 2 is 1.84 bits per heavy atom. The molecule has 0 aliphatic carbocycles. The number of rotatable bonds is 7. The average molecular weight is 354 g/mol. The third-order valence-electron chi connectivity index (χ3n) is 4.24. The van der Waals surface area contributed by atoms with Crippen LogP contribution in [0.5, 0.6) is 0 Å². The molecule has 1 amide bonds. The second-order valence-electron chi connectivity index (χ2n) is 6.79. The van der Waals surface area contributed by atoms with Gasteiger partial charge >= 0.3 is 0 Å². The van der Waals surface area contributed by atoms with Crippen molar-refractivity contribution in [3.8, 4) is 0 Å². The lowest BCUT2D eigenvalue weighted by Crippen LogP contribution is -2.44. The first-order valence-electron chi connectivity index (χ1n) is 8.93. The van der Waals surface area contributed by atoms with Gasteiger partial charge in [0.05, 0.1) is 18.8 Å². The molecule has 1 aromatic carbocycles. The smallest absolute Gasteiger partial charge is 0.255 e. The highest BCUT2D eigenvalue weighted by atomic mass is 19.3. The fourth-order valence-corrected chi connectivity index (χ4v) is 3.32. The lowest BCUT2D eigenvalue weighted by Gasteiger charge is -2.35. The molecule has 25 heavy (non-hydrogen) atoms. The van der Waals surface area contributed by atoms with Gasteiger partial charge in [-0.15, -0.1) is 0 Å². The van der Waals surface area contributed by atoms with Crippen LogP contribution in [0.4, 0.5) is 8.78 Å². The van der Waals surface area contributed by atoms with Crippen LogP contribution < -0.4 is 0 Å². The molecule has 1 aliphatic rings. The Balaban J connectivity index is 1.99. The molecule has 0 N–H and O–H groups in total. The quantitative estimate of drug-likeness (QED) is 0.752. The number of halogens is 2. The molecule has 1 aromatic rings. The lowest BCUT2D eigenvalue weighted by molar-refractivity contribution is -0.0704. The lowest BCUT2D eigenvalue weighted by atomic mass is 10.1.